The number of benzene rings is 2. The van der Waals surface area contributed by atoms with E-state index in [9.17, 15) is 4.79 Å². The van der Waals surface area contributed by atoms with Gasteiger partial charge >= 0.3 is 0 Å². The predicted molar refractivity (Wildman–Crippen MR) is 81.9 cm³/mol. The zero-order chi connectivity index (χ0) is 15.2. The molecule has 2 aromatic carbocycles. The first-order chi connectivity index (χ1) is 10.2. The van der Waals surface area contributed by atoms with Gasteiger partial charge in [0, 0.05) is 17.7 Å². The number of methoxy groups -OCH3 is 2. The summed E-state index contributed by atoms with van der Waals surface area (Å²) in [6, 6.07) is 13.0. The summed E-state index contributed by atoms with van der Waals surface area (Å²) < 4.78 is 10.5. The van der Waals surface area contributed by atoms with Crippen molar-refractivity contribution in [3.8, 4) is 11.5 Å². The molecule has 0 aromatic heterocycles. The molecule has 2 rings (SSSR count). The largest absolute Gasteiger partial charge is 0.497 e. The van der Waals surface area contributed by atoms with Crippen LogP contribution in [0.4, 0.5) is 0 Å². The Hall–Kier alpha value is -2.49. The van der Waals surface area contributed by atoms with Gasteiger partial charge in [-0.2, -0.15) is 0 Å². The Bertz CT molecular complexity index is 638. The third-order valence-corrected chi connectivity index (χ3v) is 3.32. The van der Waals surface area contributed by atoms with E-state index in [1.165, 1.54) is 0 Å². The minimum atomic E-state index is -0.0991. The van der Waals surface area contributed by atoms with Crippen molar-refractivity contribution in [1.82, 2.24) is 5.32 Å². The average Bonchev–Trinajstić information content (AvgIpc) is 2.52. The van der Waals surface area contributed by atoms with Crippen molar-refractivity contribution >= 4 is 5.91 Å². The molecule has 0 bridgehead atoms. The summed E-state index contributed by atoms with van der Waals surface area (Å²) in [4.78, 5) is 12.2. The van der Waals surface area contributed by atoms with Gasteiger partial charge in [0.25, 0.3) is 5.91 Å². The average molecular weight is 285 g/mol. The number of hydrogen-bond donors (Lipinski definition) is 1. The van der Waals surface area contributed by atoms with Crippen molar-refractivity contribution < 1.29 is 14.3 Å². The molecular weight excluding hydrogens is 266 g/mol. The molecule has 0 unspecified atom stereocenters. The van der Waals surface area contributed by atoms with Crippen LogP contribution in [0.2, 0.25) is 0 Å². The first-order valence-corrected chi connectivity index (χ1v) is 6.70. The van der Waals surface area contributed by atoms with Gasteiger partial charge < -0.3 is 14.8 Å². The lowest BCUT2D eigenvalue weighted by Crippen LogP contribution is -2.23. The van der Waals surface area contributed by atoms with Crippen molar-refractivity contribution in [3.63, 3.8) is 0 Å². The number of ether oxygens (including phenoxy) is 2. The fourth-order valence-electron chi connectivity index (χ4n) is 2.12. The van der Waals surface area contributed by atoms with Gasteiger partial charge in [0.1, 0.15) is 11.5 Å². The van der Waals surface area contributed by atoms with Gasteiger partial charge in [-0.3, -0.25) is 4.79 Å². The molecule has 0 heterocycles. The van der Waals surface area contributed by atoms with Gasteiger partial charge in [0.05, 0.1) is 14.2 Å². The topological polar surface area (TPSA) is 47.6 Å². The van der Waals surface area contributed by atoms with E-state index in [4.69, 9.17) is 9.47 Å². The van der Waals surface area contributed by atoms with Crippen LogP contribution in [-0.2, 0) is 6.54 Å². The summed E-state index contributed by atoms with van der Waals surface area (Å²) in [5.74, 6) is 1.36. The van der Waals surface area contributed by atoms with Gasteiger partial charge in [-0.05, 0) is 36.8 Å². The normalized spacial score (nSPS) is 10.0. The number of rotatable bonds is 5. The molecule has 4 nitrogen and oxygen atoms in total. The van der Waals surface area contributed by atoms with Crippen molar-refractivity contribution in [3.05, 3.63) is 59.2 Å². The molecule has 0 saturated heterocycles. The molecule has 0 aliphatic rings. The maximum atomic E-state index is 12.2. The lowest BCUT2D eigenvalue weighted by molar-refractivity contribution is 0.0950. The molecule has 21 heavy (non-hydrogen) atoms. The molecule has 0 atom stereocenters. The predicted octanol–water partition coefficient (Wildman–Crippen LogP) is 2.94. The summed E-state index contributed by atoms with van der Waals surface area (Å²) in [5, 5.41) is 2.91. The Morgan fingerprint density at radius 1 is 1.10 bits per heavy atom. The maximum absolute atomic E-state index is 12.2. The molecule has 1 N–H and O–H groups in total. The van der Waals surface area contributed by atoms with E-state index in [1.54, 1.807) is 14.2 Å². The zero-order valence-corrected chi connectivity index (χ0v) is 12.5. The molecule has 0 spiro atoms. The molecule has 0 fully saturated rings. The Morgan fingerprint density at radius 2 is 1.86 bits per heavy atom. The number of nitrogens with one attached hydrogen (secondary N) is 1. The van der Waals surface area contributed by atoms with Crippen LogP contribution in [0.1, 0.15) is 21.5 Å². The van der Waals surface area contributed by atoms with Crippen LogP contribution < -0.4 is 14.8 Å². The Kier molecular flexibility index (Phi) is 4.82. The molecule has 0 saturated carbocycles. The standard InChI is InChI=1S/C17H19NO3/c1-12-6-4-5-7-15(12)17(19)18-11-13-10-14(20-2)8-9-16(13)21-3/h4-10H,11H2,1-3H3,(H,18,19). The lowest BCUT2D eigenvalue weighted by atomic mass is 10.1. The highest BCUT2D eigenvalue weighted by Crippen LogP contribution is 2.23. The molecule has 110 valence electrons. The Labute approximate surface area is 124 Å². The van der Waals surface area contributed by atoms with E-state index in [-0.39, 0.29) is 5.91 Å². The molecule has 0 aliphatic heterocycles. The number of carbonyl (C=O) groups excluding carboxylic acids is 1. The number of carbonyl (C=O) groups is 1. The third kappa shape index (κ3) is 3.54. The van der Waals surface area contributed by atoms with Gasteiger partial charge in [0.15, 0.2) is 0 Å². The van der Waals surface area contributed by atoms with Gasteiger partial charge in [0.2, 0.25) is 0 Å². The van der Waals surface area contributed by atoms with Crippen LogP contribution >= 0.6 is 0 Å². The minimum Gasteiger partial charge on any atom is -0.497 e. The van der Waals surface area contributed by atoms with E-state index in [0.29, 0.717) is 12.1 Å². The number of hydrogen-bond acceptors (Lipinski definition) is 3. The number of aryl methyl sites for hydroxylation is 1. The van der Waals surface area contributed by atoms with E-state index < -0.39 is 0 Å². The second-order valence-electron chi connectivity index (χ2n) is 4.68. The van der Waals surface area contributed by atoms with Gasteiger partial charge in [-0.25, -0.2) is 0 Å². The lowest BCUT2D eigenvalue weighted by Gasteiger charge is -2.12. The fourth-order valence-corrected chi connectivity index (χ4v) is 2.12. The molecule has 2 aromatic rings. The van der Waals surface area contributed by atoms with Crippen molar-refractivity contribution in [2.75, 3.05) is 14.2 Å². The summed E-state index contributed by atoms with van der Waals surface area (Å²) in [6.07, 6.45) is 0. The Balaban J connectivity index is 2.12. The Morgan fingerprint density at radius 3 is 2.52 bits per heavy atom. The zero-order valence-electron chi connectivity index (χ0n) is 12.5. The summed E-state index contributed by atoms with van der Waals surface area (Å²) in [5.41, 5.74) is 2.51. The van der Waals surface area contributed by atoms with Crippen LogP contribution in [0.25, 0.3) is 0 Å². The third-order valence-electron chi connectivity index (χ3n) is 3.32. The second-order valence-corrected chi connectivity index (χ2v) is 4.68. The van der Waals surface area contributed by atoms with Gasteiger partial charge in [-0.15, -0.1) is 0 Å². The van der Waals surface area contributed by atoms with Crippen molar-refractivity contribution in [1.29, 1.82) is 0 Å². The monoisotopic (exact) mass is 285 g/mol. The summed E-state index contributed by atoms with van der Waals surface area (Å²) >= 11 is 0. The SMILES string of the molecule is COc1ccc(OC)c(CNC(=O)c2ccccc2C)c1. The van der Waals surface area contributed by atoms with Crippen LogP contribution in [0.3, 0.4) is 0 Å². The highest BCUT2D eigenvalue weighted by molar-refractivity contribution is 5.95. The van der Waals surface area contributed by atoms with Crippen LogP contribution in [0.15, 0.2) is 42.5 Å². The highest BCUT2D eigenvalue weighted by atomic mass is 16.5. The summed E-state index contributed by atoms with van der Waals surface area (Å²) in [7, 11) is 3.21. The van der Waals surface area contributed by atoms with E-state index in [1.807, 2.05) is 49.4 Å². The molecule has 1 amide bonds. The van der Waals surface area contributed by atoms with Gasteiger partial charge in [-0.1, -0.05) is 18.2 Å². The van der Waals surface area contributed by atoms with E-state index in [2.05, 4.69) is 5.32 Å². The maximum Gasteiger partial charge on any atom is 0.251 e. The van der Waals surface area contributed by atoms with Crippen LogP contribution in [-0.4, -0.2) is 20.1 Å². The number of amides is 1. The molecular formula is C17H19NO3. The molecule has 4 heteroatoms. The highest BCUT2D eigenvalue weighted by Gasteiger charge is 2.10. The molecule has 0 aliphatic carbocycles. The molecule has 0 radical (unpaired) electrons. The second kappa shape index (κ2) is 6.79. The van der Waals surface area contributed by atoms with Crippen LogP contribution in [0, 0.1) is 6.92 Å². The summed E-state index contributed by atoms with van der Waals surface area (Å²) in [6.45, 7) is 2.30. The minimum absolute atomic E-state index is 0.0991. The fraction of sp³-hybridized carbons (Fsp3) is 0.235. The van der Waals surface area contributed by atoms with Crippen LogP contribution in [0.5, 0.6) is 11.5 Å². The van der Waals surface area contributed by atoms with Crippen molar-refractivity contribution in [2.24, 2.45) is 0 Å². The van der Waals surface area contributed by atoms with E-state index >= 15 is 0 Å². The first kappa shape index (κ1) is 14.9. The van der Waals surface area contributed by atoms with E-state index in [0.717, 1.165) is 22.6 Å². The smallest absolute Gasteiger partial charge is 0.251 e. The quantitative estimate of drug-likeness (QED) is 0.918. The first-order valence-electron chi connectivity index (χ1n) is 6.70. The van der Waals surface area contributed by atoms with Crippen molar-refractivity contribution in [2.45, 2.75) is 13.5 Å².